The molecule has 1 saturated heterocycles. The van der Waals surface area contributed by atoms with Gasteiger partial charge in [-0.1, -0.05) is 13.8 Å². The molecule has 0 aliphatic carbocycles. The second-order valence-electron chi connectivity index (χ2n) is 6.12. The first-order valence-corrected chi connectivity index (χ1v) is 8.48. The molecule has 0 bridgehead atoms. The summed E-state index contributed by atoms with van der Waals surface area (Å²) in [5.41, 5.74) is -0.446. The van der Waals surface area contributed by atoms with Gasteiger partial charge in [0, 0.05) is 35.4 Å². The minimum absolute atomic E-state index is 0.243. The summed E-state index contributed by atoms with van der Waals surface area (Å²) in [6.07, 6.45) is 3.15. The van der Waals surface area contributed by atoms with Crippen molar-refractivity contribution < 1.29 is 18.9 Å². The van der Waals surface area contributed by atoms with Gasteiger partial charge >= 0.3 is 12.0 Å². The van der Waals surface area contributed by atoms with Gasteiger partial charge in [0.25, 0.3) is 0 Å². The van der Waals surface area contributed by atoms with Gasteiger partial charge in [-0.2, -0.15) is 0 Å². The Morgan fingerprint density at radius 1 is 1.50 bits per heavy atom. The number of likely N-dealkylation sites (tertiary alicyclic amines) is 1. The fourth-order valence-electron chi connectivity index (χ4n) is 2.77. The van der Waals surface area contributed by atoms with E-state index in [-0.39, 0.29) is 12.1 Å². The number of hydrogen-bond acceptors (Lipinski definition) is 3. The number of rotatable bonds is 4. The molecule has 3 atom stereocenters. The third-order valence-corrected chi connectivity index (χ3v) is 4.59. The molecule has 2 amide bonds. The summed E-state index contributed by atoms with van der Waals surface area (Å²) in [4.78, 5) is 25.1. The summed E-state index contributed by atoms with van der Waals surface area (Å²) in [6, 6.07) is -1.45. The van der Waals surface area contributed by atoms with Gasteiger partial charge in [0.1, 0.15) is 6.04 Å². The summed E-state index contributed by atoms with van der Waals surface area (Å²) in [5, 5.41) is 12.1. The van der Waals surface area contributed by atoms with E-state index in [1.165, 1.54) is 4.90 Å². The van der Waals surface area contributed by atoms with E-state index in [4.69, 9.17) is 0 Å². The van der Waals surface area contributed by atoms with Crippen molar-refractivity contribution in [1.29, 1.82) is 0 Å². The Kier molecular flexibility index (Phi) is 5.56. The summed E-state index contributed by atoms with van der Waals surface area (Å²) in [7, 11) is -0.999. The molecule has 1 heterocycles. The Morgan fingerprint density at radius 2 is 2.10 bits per heavy atom. The van der Waals surface area contributed by atoms with E-state index >= 15 is 0 Å². The van der Waals surface area contributed by atoms with Crippen LogP contribution in [0.3, 0.4) is 0 Å². The largest absolute Gasteiger partial charge is 0.480 e. The molecule has 0 saturated carbocycles. The topological polar surface area (TPSA) is 86.7 Å². The standard InChI is InChI=1S/C13H24N2O4S/c1-9(8-20(4)19)14-12(18)15-7-5-6-13(2,3)10(15)11(16)17/h9-10H,5-8H2,1-4H3,(H,14,18)(H,16,17). The van der Waals surface area contributed by atoms with Crippen molar-refractivity contribution in [2.24, 2.45) is 5.41 Å². The molecule has 116 valence electrons. The van der Waals surface area contributed by atoms with Crippen LogP contribution in [0, 0.1) is 5.41 Å². The van der Waals surface area contributed by atoms with Gasteiger partial charge in [-0.15, -0.1) is 0 Å². The zero-order valence-corrected chi connectivity index (χ0v) is 13.3. The Labute approximate surface area is 122 Å². The third-order valence-electron chi connectivity index (χ3n) is 3.62. The van der Waals surface area contributed by atoms with Crippen molar-refractivity contribution in [2.75, 3.05) is 18.6 Å². The van der Waals surface area contributed by atoms with Crippen LogP contribution in [-0.2, 0) is 15.6 Å². The molecule has 1 aliphatic heterocycles. The lowest BCUT2D eigenvalue weighted by molar-refractivity contribution is -0.148. The zero-order valence-electron chi connectivity index (χ0n) is 12.5. The predicted molar refractivity (Wildman–Crippen MR) is 78.1 cm³/mol. The first-order valence-electron chi connectivity index (χ1n) is 6.75. The van der Waals surface area contributed by atoms with Crippen LogP contribution in [0.5, 0.6) is 0 Å². The molecule has 3 unspecified atom stereocenters. The van der Waals surface area contributed by atoms with Gasteiger partial charge in [0.15, 0.2) is 0 Å². The van der Waals surface area contributed by atoms with E-state index in [1.807, 2.05) is 13.8 Å². The van der Waals surface area contributed by atoms with Crippen molar-refractivity contribution in [1.82, 2.24) is 10.2 Å². The zero-order chi connectivity index (χ0) is 15.5. The van der Waals surface area contributed by atoms with E-state index in [9.17, 15) is 18.9 Å². The smallest absolute Gasteiger partial charge is 0.327 e. The number of carbonyl (C=O) groups is 2. The average Bonchev–Trinajstić information content (AvgIpc) is 2.24. The van der Waals surface area contributed by atoms with Gasteiger partial charge in [-0.05, 0) is 25.2 Å². The molecule has 0 radical (unpaired) electrons. The highest BCUT2D eigenvalue weighted by molar-refractivity contribution is 7.84. The van der Waals surface area contributed by atoms with Crippen LogP contribution in [0.25, 0.3) is 0 Å². The SMILES string of the molecule is CC(CS(C)=O)NC(=O)N1CCCC(C)(C)C1C(=O)O. The lowest BCUT2D eigenvalue weighted by atomic mass is 9.76. The molecule has 7 heteroatoms. The summed E-state index contributed by atoms with van der Waals surface area (Å²) < 4.78 is 11.1. The normalized spacial score (nSPS) is 24.8. The molecule has 1 fully saturated rings. The number of nitrogens with zero attached hydrogens (tertiary/aromatic N) is 1. The molecular formula is C13H24N2O4S. The van der Waals surface area contributed by atoms with Crippen molar-refractivity contribution in [2.45, 2.75) is 45.7 Å². The minimum atomic E-state index is -0.999. The molecule has 20 heavy (non-hydrogen) atoms. The molecular weight excluding hydrogens is 280 g/mol. The van der Waals surface area contributed by atoms with E-state index in [0.717, 1.165) is 12.8 Å². The van der Waals surface area contributed by atoms with Crippen molar-refractivity contribution in [3.05, 3.63) is 0 Å². The quantitative estimate of drug-likeness (QED) is 0.812. The van der Waals surface area contributed by atoms with E-state index in [0.29, 0.717) is 12.3 Å². The Morgan fingerprint density at radius 3 is 2.60 bits per heavy atom. The number of piperidine rings is 1. The first-order chi connectivity index (χ1) is 9.15. The summed E-state index contributed by atoms with van der Waals surface area (Å²) in [6.45, 7) is 5.95. The molecule has 1 aliphatic rings. The second-order valence-corrected chi connectivity index (χ2v) is 7.60. The molecule has 0 aromatic heterocycles. The van der Waals surface area contributed by atoms with Crippen LogP contribution in [-0.4, -0.2) is 56.9 Å². The number of aliphatic carboxylic acids is 1. The number of hydrogen-bond donors (Lipinski definition) is 2. The number of carboxylic acids is 1. The maximum Gasteiger partial charge on any atom is 0.327 e. The molecule has 2 N–H and O–H groups in total. The number of carboxylic acid groups (broad SMARTS) is 1. The lowest BCUT2D eigenvalue weighted by Crippen LogP contribution is -2.59. The number of carbonyl (C=O) groups excluding carboxylic acids is 1. The third kappa shape index (κ3) is 4.19. The van der Waals surface area contributed by atoms with E-state index in [2.05, 4.69) is 5.32 Å². The highest BCUT2D eigenvalue weighted by Gasteiger charge is 2.44. The van der Waals surface area contributed by atoms with Gasteiger partial charge in [0.2, 0.25) is 0 Å². The van der Waals surface area contributed by atoms with Crippen LogP contribution in [0.15, 0.2) is 0 Å². The molecule has 0 aromatic rings. The highest BCUT2D eigenvalue weighted by Crippen LogP contribution is 2.35. The first kappa shape index (κ1) is 16.9. The van der Waals surface area contributed by atoms with Crippen LogP contribution >= 0.6 is 0 Å². The molecule has 0 aromatic carbocycles. The van der Waals surface area contributed by atoms with Gasteiger partial charge in [0.05, 0.1) is 0 Å². The number of urea groups is 1. The van der Waals surface area contributed by atoms with Crippen LogP contribution < -0.4 is 5.32 Å². The number of nitrogens with one attached hydrogen (secondary N) is 1. The van der Waals surface area contributed by atoms with Crippen molar-refractivity contribution in [3.63, 3.8) is 0 Å². The summed E-state index contributed by atoms with van der Waals surface area (Å²) in [5.74, 6) is -0.614. The van der Waals surface area contributed by atoms with E-state index < -0.39 is 28.2 Å². The Hall–Kier alpha value is -1.11. The van der Waals surface area contributed by atoms with Gasteiger partial charge < -0.3 is 15.3 Å². The molecule has 6 nitrogen and oxygen atoms in total. The van der Waals surface area contributed by atoms with E-state index in [1.54, 1.807) is 13.2 Å². The predicted octanol–water partition coefficient (Wildman–Crippen LogP) is 1.04. The summed E-state index contributed by atoms with van der Waals surface area (Å²) >= 11 is 0. The fraction of sp³-hybridized carbons (Fsp3) is 0.846. The van der Waals surface area contributed by atoms with Crippen LogP contribution in [0.1, 0.15) is 33.6 Å². The van der Waals surface area contributed by atoms with Crippen LogP contribution in [0.2, 0.25) is 0 Å². The monoisotopic (exact) mass is 304 g/mol. The average molecular weight is 304 g/mol. The molecule has 0 spiro atoms. The Bertz CT molecular complexity index is 411. The second kappa shape index (κ2) is 6.56. The fourth-order valence-corrected chi connectivity index (χ4v) is 3.55. The highest BCUT2D eigenvalue weighted by atomic mass is 32.2. The van der Waals surface area contributed by atoms with Crippen molar-refractivity contribution >= 4 is 22.8 Å². The molecule has 1 rings (SSSR count). The Balaban J connectivity index is 2.79. The maximum absolute atomic E-state index is 12.2. The van der Waals surface area contributed by atoms with Crippen molar-refractivity contribution in [3.8, 4) is 0 Å². The minimum Gasteiger partial charge on any atom is -0.480 e. The van der Waals surface area contributed by atoms with Gasteiger partial charge in [-0.25, -0.2) is 9.59 Å². The maximum atomic E-state index is 12.2. The van der Waals surface area contributed by atoms with Gasteiger partial charge in [-0.3, -0.25) is 4.21 Å². The van der Waals surface area contributed by atoms with Crippen LogP contribution in [0.4, 0.5) is 4.79 Å². The number of amides is 2. The lowest BCUT2D eigenvalue weighted by Gasteiger charge is -2.44.